The summed E-state index contributed by atoms with van der Waals surface area (Å²) >= 11 is 1.79. The Hall–Kier alpha value is -1.00. The van der Waals surface area contributed by atoms with Gasteiger partial charge in [-0.05, 0) is 37.9 Å². The predicted molar refractivity (Wildman–Crippen MR) is 74.0 cm³/mol. The molecule has 2 unspecified atom stereocenters. The summed E-state index contributed by atoms with van der Waals surface area (Å²) in [5.74, 6) is -0.708. The standard InChI is InChI=1S/C14H19NO2S/c1-2-15-14(13(16)17)9-8-12(10-14)18-11-6-4-3-5-7-11/h3-7,12,15H,2,8-10H2,1H3,(H,16,17). The Morgan fingerprint density at radius 1 is 1.50 bits per heavy atom. The van der Waals surface area contributed by atoms with Gasteiger partial charge in [0.25, 0.3) is 0 Å². The van der Waals surface area contributed by atoms with Crippen molar-refractivity contribution >= 4 is 17.7 Å². The molecule has 1 aliphatic carbocycles. The van der Waals surface area contributed by atoms with Crippen LogP contribution in [0.5, 0.6) is 0 Å². The lowest BCUT2D eigenvalue weighted by Gasteiger charge is -2.25. The van der Waals surface area contributed by atoms with E-state index in [-0.39, 0.29) is 0 Å². The molecule has 18 heavy (non-hydrogen) atoms. The molecule has 0 bridgehead atoms. The molecule has 2 N–H and O–H groups in total. The largest absolute Gasteiger partial charge is 0.480 e. The minimum absolute atomic E-state index is 0.391. The van der Waals surface area contributed by atoms with Gasteiger partial charge in [-0.25, -0.2) is 0 Å². The van der Waals surface area contributed by atoms with Crippen LogP contribution in [0.15, 0.2) is 35.2 Å². The van der Waals surface area contributed by atoms with Crippen LogP contribution in [0.4, 0.5) is 0 Å². The SMILES string of the molecule is CCNC1(C(=O)O)CCC(Sc2ccccc2)C1. The van der Waals surface area contributed by atoms with Crippen molar-refractivity contribution < 1.29 is 9.90 Å². The van der Waals surface area contributed by atoms with Crippen molar-refractivity contribution in [1.82, 2.24) is 5.32 Å². The van der Waals surface area contributed by atoms with Crippen molar-refractivity contribution in [1.29, 1.82) is 0 Å². The Bertz CT molecular complexity index is 410. The molecule has 0 amide bonds. The number of carbonyl (C=O) groups is 1. The molecule has 0 aromatic heterocycles. The van der Waals surface area contributed by atoms with E-state index in [1.54, 1.807) is 11.8 Å². The van der Waals surface area contributed by atoms with Gasteiger partial charge in [-0.2, -0.15) is 0 Å². The van der Waals surface area contributed by atoms with Crippen LogP contribution in [-0.4, -0.2) is 28.4 Å². The van der Waals surface area contributed by atoms with Crippen molar-refractivity contribution in [3.63, 3.8) is 0 Å². The molecular formula is C14H19NO2S. The fraction of sp³-hybridized carbons (Fsp3) is 0.500. The number of rotatable bonds is 5. The molecule has 1 aromatic rings. The van der Waals surface area contributed by atoms with Crippen molar-refractivity contribution in [3.05, 3.63) is 30.3 Å². The second kappa shape index (κ2) is 5.76. The van der Waals surface area contributed by atoms with Crippen LogP contribution in [0.1, 0.15) is 26.2 Å². The number of thioether (sulfide) groups is 1. The Balaban J connectivity index is 2.01. The van der Waals surface area contributed by atoms with Crippen LogP contribution in [-0.2, 0) is 4.79 Å². The van der Waals surface area contributed by atoms with Crippen molar-refractivity contribution in [3.8, 4) is 0 Å². The maximum Gasteiger partial charge on any atom is 0.323 e. The highest BCUT2D eigenvalue weighted by molar-refractivity contribution is 8.00. The third-order valence-electron chi connectivity index (χ3n) is 3.44. The van der Waals surface area contributed by atoms with E-state index in [4.69, 9.17) is 0 Å². The fourth-order valence-corrected chi connectivity index (χ4v) is 3.86. The van der Waals surface area contributed by atoms with E-state index in [9.17, 15) is 9.90 Å². The number of carboxylic acid groups (broad SMARTS) is 1. The van der Waals surface area contributed by atoms with Gasteiger partial charge in [-0.3, -0.25) is 4.79 Å². The number of aliphatic carboxylic acids is 1. The third kappa shape index (κ3) is 2.87. The first-order valence-electron chi connectivity index (χ1n) is 6.36. The Morgan fingerprint density at radius 2 is 2.22 bits per heavy atom. The van der Waals surface area contributed by atoms with Crippen molar-refractivity contribution in [2.45, 2.75) is 41.9 Å². The summed E-state index contributed by atoms with van der Waals surface area (Å²) in [5.41, 5.74) is -0.707. The lowest BCUT2D eigenvalue weighted by molar-refractivity contribution is -0.144. The predicted octanol–water partition coefficient (Wildman–Crippen LogP) is 2.76. The summed E-state index contributed by atoms with van der Waals surface area (Å²) in [4.78, 5) is 12.7. The molecular weight excluding hydrogens is 246 g/mol. The second-order valence-corrected chi connectivity index (χ2v) is 6.09. The topological polar surface area (TPSA) is 49.3 Å². The molecule has 1 aromatic carbocycles. The van der Waals surface area contributed by atoms with E-state index >= 15 is 0 Å². The average Bonchev–Trinajstić information content (AvgIpc) is 2.76. The van der Waals surface area contributed by atoms with Crippen LogP contribution >= 0.6 is 11.8 Å². The molecule has 3 nitrogen and oxygen atoms in total. The van der Waals surface area contributed by atoms with E-state index in [1.165, 1.54) is 4.90 Å². The number of likely N-dealkylation sites (N-methyl/N-ethyl adjacent to an activating group) is 1. The Labute approximate surface area is 112 Å². The molecule has 1 aliphatic rings. The monoisotopic (exact) mass is 265 g/mol. The van der Waals surface area contributed by atoms with Crippen LogP contribution < -0.4 is 5.32 Å². The van der Waals surface area contributed by atoms with Gasteiger partial charge >= 0.3 is 5.97 Å². The summed E-state index contributed by atoms with van der Waals surface area (Å²) in [6, 6.07) is 10.2. The molecule has 0 radical (unpaired) electrons. The number of hydrogen-bond acceptors (Lipinski definition) is 3. The maximum atomic E-state index is 11.4. The molecule has 0 aliphatic heterocycles. The average molecular weight is 265 g/mol. The minimum Gasteiger partial charge on any atom is -0.480 e. The molecule has 0 heterocycles. The minimum atomic E-state index is -0.708. The molecule has 98 valence electrons. The summed E-state index contributed by atoms with van der Waals surface area (Å²) in [7, 11) is 0. The maximum absolute atomic E-state index is 11.4. The second-order valence-electron chi connectivity index (χ2n) is 4.71. The molecule has 1 fully saturated rings. The lowest BCUT2D eigenvalue weighted by atomic mass is 9.98. The molecule has 2 rings (SSSR count). The fourth-order valence-electron chi connectivity index (χ4n) is 2.56. The lowest BCUT2D eigenvalue weighted by Crippen LogP contribution is -2.50. The van der Waals surface area contributed by atoms with Crippen LogP contribution in [0.25, 0.3) is 0 Å². The number of benzene rings is 1. The zero-order chi connectivity index (χ0) is 13.0. The Morgan fingerprint density at radius 3 is 2.83 bits per heavy atom. The van der Waals surface area contributed by atoms with Crippen LogP contribution in [0.2, 0.25) is 0 Å². The van der Waals surface area contributed by atoms with Gasteiger partial charge < -0.3 is 10.4 Å². The number of nitrogens with one attached hydrogen (secondary N) is 1. The van der Waals surface area contributed by atoms with E-state index in [0.29, 0.717) is 18.2 Å². The van der Waals surface area contributed by atoms with E-state index in [0.717, 1.165) is 12.8 Å². The highest BCUT2D eigenvalue weighted by atomic mass is 32.2. The van der Waals surface area contributed by atoms with E-state index in [1.807, 2.05) is 25.1 Å². The zero-order valence-electron chi connectivity index (χ0n) is 10.6. The van der Waals surface area contributed by atoms with Gasteiger partial charge in [-0.1, -0.05) is 25.1 Å². The summed E-state index contributed by atoms with van der Waals surface area (Å²) < 4.78 is 0. The number of carboxylic acids is 1. The Kier molecular flexibility index (Phi) is 4.30. The van der Waals surface area contributed by atoms with Gasteiger partial charge in [0.2, 0.25) is 0 Å². The normalized spacial score (nSPS) is 27.3. The van der Waals surface area contributed by atoms with Gasteiger partial charge in [0.05, 0.1) is 0 Å². The molecule has 0 spiro atoms. The first-order valence-corrected chi connectivity index (χ1v) is 7.24. The molecule has 2 atom stereocenters. The first kappa shape index (κ1) is 13.4. The van der Waals surface area contributed by atoms with Crippen molar-refractivity contribution in [2.75, 3.05) is 6.54 Å². The van der Waals surface area contributed by atoms with Crippen LogP contribution in [0.3, 0.4) is 0 Å². The third-order valence-corrected chi connectivity index (χ3v) is 4.72. The van der Waals surface area contributed by atoms with E-state index in [2.05, 4.69) is 17.4 Å². The van der Waals surface area contributed by atoms with Gasteiger partial charge in [-0.15, -0.1) is 11.8 Å². The molecule has 4 heteroatoms. The summed E-state index contributed by atoms with van der Waals surface area (Å²) in [5, 5.41) is 13.0. The first-order chi connectivity index (χ1) is 8.66. The van der Waals surface area contributed by atoms with Gasteiger partial charge in [0.1, 0.15) is 5.54 Å². The molecule has 0 saturated heterocycles. The number of hydrogen-bond donors (Lipinski definition) is 2. The van der Waals surface area contributed by atoms with E-state index < -0.39 is 11.5 Å². The quantitative estimate of drug-likeness (QED) is 0.859. The van der Waals surface area contributed by atoms with Gasteiger partial charge in [0.15, 0.2) is 0 Å². The summed E-state index contributed by atoms with van der Waals surface area (Å²) in [6.07, 6.45) is 2.38. The smallest absolute Gasteiger partial charge is 0.323 e. The highest BCUT2D eigenvalue weighted by Gasteiger charge is 2.45. The van der Waals surface area contributed by atoms with Gasteiger partial charge in [0, 0.05) is 10.1 Å². The van der Waals surface area contributed by atoms with Crippen LogP contribution in [0, 0.1) is 0 Å². The highest BCUT2D eigenvalue weighted by Crippen LogP contribution is 2.40. The molecule has 1 saturated carbocycles. The summed E-state index contributed by atoms with van der Waals surface area (Å²) in [6.45, 7) is 2.66. The zero-order valence-corrected chi connectivity index (χ0v) is 11.4. The van der Waals surface area contributed by atoms with Crippen molar-refractivity contribution in [2.24, 2.45) is 0 Å².